The summed E-state index contributed by atoms with van der Waals surface area (Å²) in [7, 11) is 0. The molecule has 2 rings (SSSR count). The molecule has 0 aliphatic heterocycles. The van der Waals surface area contributed by atoms with Crippen LogP contribution < -0.4 is 16.0 Å². The van der Waals surface area contributed by atoms with Gasteiger partial charge in [0.05, 0.1) is 0 Å². The van der Waals surface area contributed by atoms with Crippen LogP contribution in [0, 0.1) is 6.92 Å². The molecule has 0 amide bonds. The van der Waals surface area contributed by atoms with Crippen LogP contribution in [-0.4, -0.2) is 13.1 Å². The van der Waals surface area contributed by atoms with E-state index in [4.69, 9.17) is 5.73 Å². The zero-order valence-electron chi connectivity index (χ0n) is 12.5. The lowest BCUT2D eigenvalue weighted by Gasteiger charge is -2.21. The van der Waals surface area contributed by atoms with Gasteiger partial charge in [-0.25, -0.2) is 0 Å². The minimum atomic E-state index is 0.815. The Kier molecular flexibility index (Phi) is 4.51. The highest BCUT2D eigenvalue weighted by atomic mass is 15.1. The summed E-state index contributed by atoms with van der Waals surface area (Å²) in [6.07, 6.45) is 0. The van der Waals surface area contributed by atoms with Crippen LogP contribution in [0.3, 0.4) is 0 Å². The van der Waals surface area contributed by atoms with Crippen LogP contribution in [0.4, 0.5) is 22.7 Å². The molecule has 0 unspecified atom stereocenters. The Bertz CT molecular complexity index is 557. The zero-order valence-corrected chi connectivity index (χ0v) is 12.5. The van der Waals surface area contributed by atoms with Crippen LogP contribution >= 0.6 is 0 Å². The second-order valence-electron chi connectivity index (χ2n) is 4.92. The van der Waals surface area contributed by atoms with Crippen molar-refractivity contribution in [1.29, 1.82) is 0 Å². The monoisotopic (exact) mass is 269 g/mol. The van der Waals surface area contributed by atoms with Crippen molar-refractivity contribution in [2.75, 3.05) is 29.0 Å². The number of anilines is 4. The number of nitrogens with zero attached hydrogens (tertiary/aromatic N) is 1. The van der Waals surface area contributed by atoms with E-state index in [0.29, 0.717) is 0 Å². The molecule has 0 aliphatic carbocycles. The SMILES string of the molecule is CCN(CC)c1ccc(Nc2ccc(C)c(N)c2)cc1. The lowest BCUT2D eigenvalue weighted by molar-refractivity contribution is 0.866. The van der Waals surface area contributed by atoms with Crippen molar-refractivity contribution in [3.05, 3.63) is 48.0 Å². The fraction of sp³-hybridized carbons (Fsp3) is 0.294. The smallest absolute Gasteiger partial charge is 0.0405 e. The van der Waals surface area contributed by atoms with Crippen LogP contribution in [0.2, 0.25) is 0 Å². The van der Waals surface area contributed by atoms with Crippen LogP contribution in [0.5, 0.6) is 0 Å². The third kappa shape index (κ3) is 3.23. The maximum absolute atomic E-state index is 5.93. The van der Waals surface area contributed by atoms with E-state index < -0.39 is 0 Å². The third-order valence-electron chi connectivity index (χ3n) is 3.56. The molecule has 106 valence electrons. The summed E-state index contributed by atoms with van der Waals surface area (Å²) >= 11 is 0. The third-order valence-corrected chi connectivity index (χ3v) is 3.56. The number of benzene rings is 2. The first-order valence-electron chi connectivity index (χ1n) is 7.12. The molecule has 0 saturated carbocycles. The van der Waals surface area contributed by atoms with Crippen LogP contribution in [0.1, 0.15) is 19.4 Å². The first-order chi connectivity index (χ1) is 9.63. The number of hydrogen-bond donors (Lipinski definition) is 2. The molecular formula is C17H23N3. The number of nitrogens with one attached hydrogen (secondary N) is 1. The van der Waals surface area contributed by atoms with Gasteiger partial charge in [-0.3, -0.25) is 0 Å². The highest BCUT2D eigenvalue weighted by Crippen LogP contribution is 2.23. The Morgan fingerprint density at radius 1 is 0.950 bits per heavy atom. The van der Waals surface area contributed by atoms with E-state index in [0.717, 1.165) is 35.7 Å². The van der Waals surface area contributed by atoms with Crippen LogP contribution in [0.15, 0.2) is 42.5 Å². The first kappa shape index (κ1) is 14.3. The second kappa shape index (κ2) is 6.33. The molecule has 0 aromatic heterocycles. The maximum atomic E-state index is 5.93. The summed E-state index contributed by atoms with van der Waals surface area (Å²) in [5.74, 6) is 0. The minimum Gasteiger partial charge on any atom is -0.398 e. The van der Waals surface area contributed by atoms with Gasteiger partial charge in [-0.05, 0) is 62.7 Å². The summed E-state index contributed by atoms with van der Waals surface area (Å²) in [5.41, 5.74) is 11.2. The van der Waals surface area contributed by atoms with E-state index in [1.165, 1.54) is 5.69 Å². The Labute approximate surface area is 121 Å². The molecule has 0 aliphatic rings. The molecule has 0 fully saturated rings. The summed E-state index contributed by atoms with van der Waals surface area (Å²) in [6.45, 7) is 8.41. The lowest BCUT2D eigenvalue weighted by Crippen LogP contribution is -2.21. The Balaban J connectivity index is 2.12. The molecule has 0 spiro atoms. The molecule has 0 heterocycles. The van der Waals surface area contributed by atoms with E-state index in [9.17, 15) is 0 Å². The van der Waals surface area contributed by atoms with E-state index in [-0.39, 0.29) is 0 Å². The van der Waals surface area contributed by atoms with Gasteiger partial charge in [-0.2, -0.15) is 0 Å². The molecule has 20 heavy (non-hydrogen) atoms. The Morgan fingerprint density at radius 2 is 1.55 bits per heavy atom. The van der Waals surface area contributed by atoms with E-state index in [1.807, 2.05) is 25.1 Å². The zero-order chi connectivity index (χ0) is 14.5. The topological polar surface area (TPSA) is 41.3 Å². The van der Waals surface area contributed by atoms with Gasteiger partial charge in [-0.15, -0.1) is 0 Å². The lowest BCUT2D eigenvalue weighted by atomic mass is 10.2. The number of aryl methyl sites for hydroxylation is 1. The van der Waals surface area contributed by atoms with Gasteiger partial charge in [0.1, 0.15) is 0 Å². The standard InChI is InChI=1S/C17H23N3/c1-4-20(5-2)16-10-8-14(9-11-16)19-15-7-6-13(3)17(18)12-15/h6-12,19H,4-5,18H2,1-3H3. The molecule has 3 N–H and O–H groups in total. The van der Waals surface area contributed by atoms with Gasteiger partial charge < -0.3 is 16.0 Å². The largest absolute Gasteiger partial charge is 0.398 e. The average molecular weight is 269 g/mol. The molecule has 0 atom stereocenters. The second-order valence-corrected chi connectivity index (χ2v) is 4.92. The van der Waals surface area contributed by atoms with Crippen molar-refractivity contribution in [3.8, 4) is 0 Å². The fourth-order valence-corrected chi connectivity index (χ4v) is 2.23. The van der Waals surface area contributed by atoms with Gasteiger partial charge >= 0.3 is 0 Å². The van der Waals surface area contributed by atoms with Crippen molar-refractivity contribution >= 4 is 22.7 Å². The number of nitrogens with two attached hydrogens (primary N) is 1. The van der Waals surface area contributed by atoms with Gasteiger partial charge in [0, 0.05) is 35.8 Å². The van der Waals surface area contributed by atoms with Crippen LogP contribution in [-0.2, 0) is 0 Å². The molecule has 0 saturated heterocycles. The van der Waals surface area contributed by atoms with Gasteiger partial charge in [0.15, 0.2) is 0 Å². The van der Waals surface area contributed by atoms with Crippen molar-refractivity contribution in [2.45, 2.75) is 20.8 Å². The highest BCUT2D eigenvalue weighted by Gasteiger charge is 2.02. The number of hydrogen-bond acceptors (Lipinski definition) is 3. The van der Waals surface area contributed by atoms with Gasteiger partial charge in [-0.1, -0.05) is 6.07 Å². The normalized spacial score (nSPS) is 10.3. The molecule has 2 aromatic carbocycles. The Morgan fingerprint density at radius 3 is 2.10 bits per heavy atom. The summed E-state index contributed by atoms with van der Waals surface area (Å²) < 4.78 is 0. The predicted molar refractivity (Wildman–Crippen MR) is 88.9 cm³/mol. The van der Waals surface area contributed by atoms with Crippen molar-refractivity contribution in [2.24, 2.45) is 0 Å². The fourth-order valence-electron chi connectivity index (χ4n) is 2.23. The average Bonchev–Trinajstić information content (AvgIpc) is 2.46. The summed E-state index contributed by atoms with van der Waals surface area (Å²) in [6, 6.07) is 14.5. The molecule has 0 bridgehead atoms. The number of rotatable bonds is 5. The van der Waals surface area contributed by atoms with Crippen molar-refractivity contribution in [1.82, 2.24) is 0 Å². The Hall–Kier alpha value is -2.16. The van der Waals surface area contributed by atoms with Gasteiger partial charge in [0.25, 0.3) is 0 Å². The molecule has 2 aromatic rings. The summed E-state index contributed by atoms with van der Waals surface area (Å²) in [4.78, 5) is 2.33. The van der Waals surface area contributed by atoms with E-state index in [2.05, 4.69) is 48.3 Å². The predicted octanol–water partition coefficient (Wildman–Crippen LogP) is 4.17. The quantitative estimate of drug-likeness (QED) is 0.801. The highest BCUT2D eigenvalue weighted by molar-refractivity contribution is 5.67. The summed E-state index contributed by atoms with van der Waals surface area (Å²) in [5, 5.41) is 3.38. The molecular weight excluding hydrogens is 246 g/mol. The van der Waals surface area contributed by atoms with Crippen molar-refractivity contribution < 1.29 is 0 Å². The molecule has 0 radical (unpaired) electrons. The van der Waals surface area contributed by atoms with Crippen molar-refractivity contribution in [3.63, 3.8) is 0 Å². The first-order valence-corrected chi connectivity index (χ1v) is 7.12. The number of nitrogen functional groups attached to an aromatic ring is 1. The molecule has 3 nitrogen and oxygen atoms in total. The molecule has 3 heteroatoms. The van der Waals surface area contributed by atoms with E-state index >= 15 is 0 Å². The van der Waals surface area contributed by atoms with Gasteiger partial charge in [0.2, 0.25) is 0 Å². The maximum Gasteiger partial charge on any atom is 0.0405 e. The minimum absolute atomic E-state index is 0.815. The van der Waals surface area contributed by atoms with E-state index in [1.54, 1.807) is 0 Å². The van der Waals surface area contributed by atoms with Crippen LogP contribution in [0.25, 0.3) is 0 Å².